The number of urea groups is 1. The van der Waals surface area contributed by atoms with Crippen LogP contribution in [0.25, 0.3) is 0 Å². The molecule has 154 valence electrons. The summed E-state index contributed by atoms with van der Waals surface area (Å²) in [4.78, 5) is 18.7. The van der Waals surface area contributed by atoms with Crippen molar-refractivity contribution < 1.29 is 14.3 Å². The maximum absolute atomic E-state index is 12.9. The molecule has 0 radical (unpaired) electrons. The second-order valence-corrected chi connectivity index (χ2v) is 8.88. The van der Waals surface area contributed by atoms with E-state index in [9.17, 15) is 4.79 Å². The quantitative estimate of drug-likeness (QED) is 0.824. The highest BCUT2D eigenvalue weighted by molar-refractivity contribution is 7.10. The van der Waals surface area contributed by atoms with Crippen LogP contribution < -0.4 is 10.2 Å². The van der Waals surface area contributed by atoms with Gasteiger partial charge >= 0.3 is 6.03 Å². The van der Waals surface area contributed by atoms with Crippen molar-refractivity contribution in [1.29, 1.82) is 0 Å². The first-order valence-corrected chi connectivity index (χ1v) is 11.4. The monoisotopic (exact) mass is 413 g/mol. The van der Waals surface area contributed by atoms with Gasteiger partial charge in [-0.3, -0.25) is 0 Å². The maximum Gasteiger partial charge on any atom is 0.322 e. The number of carbonyl (C=O) groups excluding carboxylic acids is 1. The molecule has 0 aliphatic carbocycles. The normalized spacial score (nSPS) is 22.6. The van der Waals surface area contributed by atoms with Crippen molar-refractivity contribution in [2.75, 3.05) is 36.5 Å². The van der Waals surface area contributed by atoms with E-state index in [4.69, 9.17) is 9.47 Å². The number of hydrogen-bond donors (Lipinski definition) is 1. The lowest BCUT2D eigenvalue weighted by Gasteiger charge is -2.37. The van der Waals surface area contributed by atoms with E-state index >= 15 is 0 Å². The molecule has 1 aromatic carbocycles. The average Bonchev–Trinajstić information content (AvgIpc) is 3.46. The summed E-state index contributed by atoms with van der Waals surface area (Å²) in [5.41, 5.74) is 3.46. The van der Waals surface area contributed by atoms with E-state index in [-0.39, 0.29) is 18.4 Å². The number of nitrogens with one attached hydrogen (secondary N) is 1. The van der Waals surface area contributed by atoms with Gasteiger partial charge in [0.1, 0.15) is 0 Å². The van der Waals surface area contributed by atoms with Crippen LogP contribution in [0.2, 0.25) is 0 Å². The van der Waals surface area contributed by atoms with Crippen molar-refractivity contribution in [3.63, 3.8) is 0 Å². The number of hydrogen-bond acceptors (Lipinski definition) is 5. The molecule has 4 heterocycles. The van der Waals surface area contributed by atoms with Gasteiger partial charge in [0.15, 0.2) is 6.29 Å². The Kier molecular flexibility index (Phi) is 5.44. The van der Waals surface area contributed by atoms with Gasteiger partial charge in [0, 0.05) is 35.9 Å². The standard InChI is InChI=1S/C22H27N3O3S/c26-22(25-10-2-1-3-19(25)21-27-12-13-28-21)23-17-4-6-18(7-5-17)24-11-8-20-16(15-24)9-14-29-20/h4-7,9,14,19,21H,1-3,8,10-13,15H2,(H,23,26). The van der Waals surface area contributed by atoms with Crippen molar-refractivity contribution in [2.24, 2.45) is 0 Å². The third-order valence-corrected chi connectivity index (χ3v) is 7.09. The molecule has 3 aliphatic heterocycles. The molecule has 7 heteroatoms. The van der Waals surface area contributed by atoms with Gasteiger partial charge in [-0.05, 0) is 67.0 Å². The number of likely N-dealkylation sites (tertiary alicyclic amines) is 1. The van der Waals surface area contributed by atoms with E-state index in [0.29, 0.717) is 13.2 Å². The zero-order valence-electron chi connectivity index (χ0n) is 16.5. The summed E-state index contributed by atoms with van der Waals surface area (Å²) in [7, 11) is 0. The third-order valence-electron chi connectivity index (χ3n) is 6.06. The summed E-state index contributed by atoms with van der Waals surface area (Å²) in [5.74, 6) is 0. The van der Waals surface area contributed by atoms with Crippen LogP contribution in [0, 0.1) is 0 Å². The van der Waals surface area contributed by atoms with Crippen LogP contribution in [-0.2, 0) is 22.4 Å². The fraction of sp³-hybridized carbons (Fsp3) is 0.500. The SMILES string of the molecule is O=C(Nc1ccc(N2CCc3sccc3C2)cc1)N1CCCCC1C1OCCO1. The highest BCUT2D eigenvalue weighted by Crippen LogP contribution is 2.29. The van der Waals surface area contributed by atoms with E-state index in [2.05, 4.69) is 33.8 Å². The molecule has 29 heavy (non-hydrogen) atoms. The predicted molar refractivity (Wildman–Crippen MR) is 115 cm³/mol. The van der Waals surface area contributed by atoms with E-state index in [1.165, 1.54) is 16.1 Å². The van der Waals surface area contributed by atoms with Gasteiger partial charge in [-0.25, -0.2) is 4.79 Å². The summed E-state index contributed by atoms with van der Waals surface area (Å²) in [5, 5.41) is 5.25. The van der Waals surface area contributed by atoms with E-state index < -0.39 is 0 Å². The molecule has 0 bridgehead atoms. The molecule has 0 spiro atoms. The second-order valence-electron chi connectivity index (χ2n) is 7.88. The van der Waals surface area contributed by atoms with Gasteiger partial charge < -0.3 is 24.6 Å². The van der Waals surface area contributed by atoms with Crippen molar-refractivity contribution >= 4 is 28.7 Å². The van der Waals surface area contributed by atoms with Gasteiger partial charge in [-0.1, -0.05) is 0 Å². The smallest absolute Gasteiger partial charge is 0.322 e. The number of carbonyl (C=O) groups is 1. The molecule has 2 saturated heterocycles. The Hall–Kier alpha value is -2.09. The summed E-state index contributed by atoms with van der Waals surface area (Å²) >= 11 is 1.86. The van der Waals surface area contributed by atoms with E-state index in [1.807, 2.05) is 28.4 Å². The molecule has 6 nitrogen and oxygen atoms in total. The molecule has 0 saturated carbocycles. The zero-order chi connectivity index (χ0) is 19.6. The van der Waals surface area contributed by atoms with Crippen molar-refractivity contribution in [1.82, 2.24) is 4.90 Å². The van der Waals surface area contributed by atoms with Crippen molar-refractivity contribution in [3.8, 4) is 0 Å². The van der Waals surface area contributed by atoms with Crippen LogP contribution in [0.3, 0.4) is 0 Å². The van der Waals surface area contributed by atoms with Crippen LogP contribution in [0.15, 0.2) is 35.7 Å². The molecule has 2 aromatic rings. The number of thiophene rings is 1. The molecule has 1 aromatic heterocycles. The number of ether oxygens (including phenoxy) is 2. The van der Waals surface area contributed by atoms with Crippen molar-refractivity contribution in [3.05, 3.63) is 46.2 Å². The lowest BCUT2D eigenvalue weighted by atomic mass is 10.0. The number of fused-ring (bicyclic) bond motifs is 1. The van der Waals surface area contributed by atoms with Gasteiger partial charge in [0.25, 0.3) is 0 Å². The predicted octanol–water partition coefficient (Wildman–Crippen LogP) is 4.07. The Morgan fingerprint density at radius 3 is 2.72 bits per heavy atom. The van der Waals surface area contributed by atoms with Crippen LogP contribution >= 0.6 is 11.3 Å². The average molecular weight is 414 g/mol. The van der Waals surface area contributed by atoms with E-state index in [1.54, 1.807) is 0 Å². The van der Waals surface area contributed by atoms with Crippen LogP contribution in [0.4, 0.5) is 16.2 Å². The first-order valence-electron chi connectivity index (χ1n) is 10.5. The number of benzene rings is 1. The number of piperidine rings is 1. The molecular formula is C22H27N3O3S. The number of anilines is 2. The fourth-order valence-electron chi connectivity index (χ4n) is 4.51. The topological polar surface area (TPSA) is 54.0 Å². The van der Waals surface area contributed by atoms with E-state index in [0.717, 1.165) is 51.0 Å². The number of nitrogens with zero attached hydrogens (tertiary/aromatic N) is 2. The second kappa shape index (κ2) is 8.34. The molecule has 1 atom stereocenters. The highest BCUT2D eigenvalue weighted by atomic mass is 32.1. The lowest BCUT2D eigenvalue weighted by Crippen LogP contribution is -2.51. The van der Waals surface area contributed by atoms with Gasteiger partial charge in [-0.2, -0.15) is 0 Å². The molecule has 1 N–H and O–H groups in total. The van der Waals surface area contributed by atoms with Crippen molar-refractivity contribution in [2.45, 2.75) is 44.6 Å². The molecule has 5 rings (SSSR count). The lowest BCUT2D eigenvalue weighted by molar-refractivity contribution is -0.0973. The van der Waals surface area contributed by atoms with Crippen LogP contribution in [0.5, 0.6) is 0 Å². The Morgan fingerprint density at radius 2 is 1.90 bits per heavy atom. The Bertz CT molecular complexity index is 847. The largest absolute Gasteiger partial charge is 0.367 e. The van der Waals surface area contributed by atoms with Crippen LogP contribution in [0.1, 0.15) is 29.7 Å². The molecule has 1 unspecified atom stereocenters. The Balaban J connectivity index is 1.23. The maximum atomic E-state index is 12.9. The first kappa shape index (κ1) is 18.9. The first-order chi connectivity index (χ1) is 14.3. The molecular weight excluding hydrogens is 386 g/mol. The summed E-state index contributed by atoms with van der Waals surface area (Å²) in [6.07, 6.45) is 3.87. The Morgan fingerprint density at radius 1 is 1.07 bits per heavy atom. The Labute approximate surface area is 175 Å². The molecule has 2 amide bonds. The fourth-order valence-corrected chi connectivity index (χ4v) is 5.40. The third kappa shape index (κ3) is 3.99. The van der Waals surface area contributed by atoms with Gasteiger partial charge in [0.2, 0.25) is 0 Å². The number of rotatable bonds is 3. The van der Waals surface area contributed by atoms with Gasteiger partial charge in [-0.15, -0.1) is 11.3 Å². The minimum atomic E-state index is -0.287. The molecule has 2 fully saturated rings. The summed E-state index contributed by atoms with van der Waals surface area (Å²) in [6, 6.07) is 10.4. The highest BCUT2D eigenvalue weighted by Gasteiger charge is 2.36. The summed E-state index contributed by atoms with van der Waals surface area (Å²) < 4.78 is 11.4. The molecule has 3 aliphatic rings. The minimum absolute atomic E-state index is 0.00122. The minimum Gasteiger partial charge on any atom is -0.367 e. The zero-order valence-corrected chi connectivity index (χ0v) is 17.3. The van der Waals surface area contributed by atoms with Gasteiger partial charge in [0.05, 0.1) is 19.3 Å². The number of amides is 2. The van der Waals surface area contributed by atoms with Crippen LogP contribution in [-0.4, -0.2) is 49.6 Å². The summed E-state index contributed by atoms with van der Waals surface area (Å²) in [6.45, 7) is 3.97.